The molecule has 0 spiro atoms. The Bertz CT molecular complexity index is 704. The lowest BCUT2D eigenvalue weighted by Crippen LogP contribution is -2.21. The van der Waals surface area contributed by atoms with Gasteiger partial charge in [-0.05, 0) is 63.0 Å². The van der Waals surface area contributed by atoms with Gasteiger partial charge in [0.2, 0.25) is 6.41 Å². The monoisotopic (exact) mass is 324 g/mol. The van der Waals surface area contributed by atoms with E-state index in [1.54, 1.807) is 4.90 Å². The zero-order valence-corrected chi connectivity index (χ0v) is 15.4. The number of hydrogen-bond acceptors (Lipinski definition) is 2. The van der Waals surface area contributed by atoms with E-state index in [0.717, 1.165) is 52.2 Å². The number of nitrogens with two attached hydrogens (primary N) is 1. The molecule has 0 fully saturated rings. The van der Waals surface area contributed by atoms with Crippen LogP contribution in [0.4, 0.5) is 5.69 Å². The summed E-state index contributed by atoms with van der Waals surface area (Å²) in [5, 5.41) is 0. The molecule has 1 amide bonds. The summed E-state index contributed by atoms with van der Waals surface area (Å²) in [6.07, 6.45) is 5.46. The van der Waals surface area contributed by atoms with Crippen LogP contribution in [0.2, 0.25) is 0 Å². The maximum Gasteiger partial charge on any atom is 0.218 e. The Balaban J connectivity index is 3.52. The summed E-state index contributed by atoms with van der Waals surface area (Å²) in [6, 6.07) is 7.82. The van der Waals surface area contributed by atoms with E-state index in [1.165, 1.54) is 0 Å². The topological polar surface area (TPSA) is 46.3 Å². The van der Waals surface area contributed by atoms with Crippen LogP contribution in [0.1, 0.15) is 46.6 Å². The first-order valence-electron chi connectivity index (χ1n) is 8.14. The summed E-state index contributed by atoms with van der Waals surface area (Å²) in [4.78, 5) is 13.6. The predicted molar refractivity (Wildman–Crippen MR) is 104 cm³/mol. The highest BCUT2D eigenvalue weighted by Crippen LogP contribution is 2.30. The number of para-hydroxylation sites is 1. The van der Waals surface area contributed by atoms with Crippen molar-refractivity contribution in [1.29, 1.82) is 0 Å². The number of amides is 1. The molecule has 2 N–H and O–H groups in total. The van der Waals surface area contributed by atoms with Crippen molar-refractivity contribution in [2.45, 2.75) is 41.0 Å². The maximum absolute atomic E-state index is 11.9. The van der Waals surface area contributed by atoms with Crippen molar-refractivity contribution in [2.24, 2.45) is 5.73 Å². The standard InChI is InChI=1S/C21H28N2O/c1-7-15(3)16(4)13-19(8-2)23(14-24)21-12-10-9-11-20(21)17(5)18(6)22/h7,9-14H,1,8,22H2,2-6H3/b16-15-,18-17+,19-13+. The minimum atomic E-state index is 0.735. The molecule has 0 aliphatic heterocycles. The van der Waals surface area contributed by atoms with Gasteiger partial charge in [-0.2, -0.15) is 0 Å². The lowest BCUT2D eigenvalue weighted by molar-refractivity contribution is -0.107. The Morgan fingerprint density at radius 3 is 2.29 bits per heavy atom. The Morgan fingerprint density at radius 2 is 1.79 bits per heavy atom. The molecular formula is C21H28N2O. The summed E-state index contributed by atoms with van der Waals surface area (Å²) >= 11 is 0. The molecule has 0 unspecified atom stereocenters. The average Bonchev–Trinajstić information content (AvgIpc) is 2.60. The number of nitrogens with zero attached hydrogens (tertiary/aromatic N) is 1. The van der Waals surface area contributed by atoms with Gasteiger partial charge in [0.15, 0.2) is 0 Å². The molecule has 0 radical (unpaired) electrons. The Labute approximate surface area is 145 Å². The highest BCUT2D eigenvalue weighted by molar-refractivity contribution is 5.88. The lowest BCUT2D eigenvalue weighted by Gasteiger charge is -2.24. The second kappa shape index (κ2) is 8.92. The molecule has 0 aliphatic rings. The second-order valence-corrected chi connectivity index (χ2v) is 5.86. The van der Waals surface area contributed by atoms with Crippen LogP contribution in [-0.2, 0) is 4.79 Å². The molecule has 24 heavy (non-hydrogen) atoms. The summed E-state index contributed by atoms with van der Waals surface area (Å²) in [7, 11) is 0. The van der Waals surface area contributed by atoms with Gasteiger partial charge < -0.3 is 5.73 Å². The fourth-order valence-electron chi connectivity index (χ4n) is 2.36. The highest BCUT2D eigenvalue weighted by atomic mass is 16.1. The quantitative estimate of drug-likeness (QED) is 0.555. The van der Waals surface area contributed by atoms with Gasteiger partial charge in [0, 0.05) is 17.0 Å². The molecule has 0 heterocycles. The van der Waals surface area contributed by atoms with Crippen molar-refractivity contribution in [1.82, 2.24) is 0 Å². The van der Waals surface area contributed by atoms with Crippen LogP contribution in [-0.4, -0.2) is 6.41 Å². The Kier molecular flexibility index (Phi) is 7.25. The highest BCUT2D eigenvalue weighted by Gasteiger charge is 2.15. The van der Waals surface area contributed by atoms with E-state index in [4.69, 9.17) is 5.73 Å². The van der Waals surface area contributed by atoms with E-state index in [-0.39, 0.29) is 0 Å². The zero-order chi connectivity index (χ0) is 18.3. The number of benzene rings is 1. The van der Waals surface area contributed by atoms with Gasteiger partial charge in [-0.25, -0.2) is 0 Å². The van der Waals surface area contributed by atoms with E-state index in [2.05, 4.69) is 6.58 Å². The molecule has 1 rings (SSSR count). The Morgan fingerprint density at radius 1 is 1.17 bits per heavy atom. The molecule has 0 aromatic heterocycles. The van der Waals surface area contributed by atoms with Crippen molar-refractivity contribution in [3.05, 3.63) is 71.1 Å². The fourth-order valence-corrected chi connectivity index (χ4v) is 2.36. The smallest absolute Gasteiger partial charge is 0.218 e. The van der Waals surface area contributed by atoms with E-state index in [9.17, 15) is 4.79 Å². The Hall–Kier alpha value is -2.55. The van der Waals surface area contributed by atoms with Crippen molar-refractivity contribution < 1.29 is 4.79 Å². The minimum Gasteiger partial charge on any atom is -0.402 e. The molecule has 0 atom stereocenters. The zero-order valence-electron chi connectivity index (χ0n) is 15.4. The first kappa shape index (κ1) is 19.5. The van der Waals surface area contributed by atoms with Crippen molar-refractivity contribution in [2.75, 3.05) is 4.90 Å². The minimum absolute atomic E-state index is 0.735. The van der Waals surface area contributed by atoms with Crippen LogP contribution < -0.4 is 10.6 Å². The van der Waals surface area contributed by atoms with Gasteiger partial charge in [-0.3, -0.25) is 9.69 Å². The van der Waals surface area contributed by atoms with Gasteiger partial charge >= 0.3 is 0 Å². The first-order valence-corrected chi connectivity index (χ1v) is 8.14. The molecule has 1 aromatic carbocycles. The van der Waals surface area contributed by atoms with E-state index >= 15 is 0 Å². The van der Waals surface area contributed by atoms with Crippen molar-refractivity contribution in [3.63, 3.8) is 0 Å². The lowest BCUT2D eigenvalue weighted by atomic mass is 10.0. The van der Waals surface area contributed by atoms with Gasteiger partial charge in [0.25, 0.3) is 0 Å². The predicted octanol–water partition coefficient (Wildman–Crippen LogP) is 5.18. The third kappa shape index (κ3) is 4.48. The van der Waals surface area contributed by atoms with Crippen LogP contribution in [0.15, 0.2) is 65.5 Å². The van der Waals surface area contributed by atoms with E-state index < -0.39 is 0 Å². The van der Waals surface area contributed by atoms with Gasteiger partial charge in [-0.1, -0.05) is 37.8 Å². The summed E-state index contributed by atoms with van der Waals surface area (Å²) < 4.78 is 0. The normalized spacial score (nSPS) is 13.8. The molecule has 128 valence electrons. The van der Waals surface area contributed by atoms with Gasteiger partial charge in [0.1, 0.15) is 0 Å². The number of rotatable bonds is 7. The molecule has 0 saturated carbocycles. The number of anilines is 1. The molecule has 3 heteroatoms. The maximum atomic E-state index is 11.9. The molecule has 1 aromatic rings. The third-order valence-corrected chi connectivity index (χ3v) is 4.25. The second-order valence-electron chi connectivity index (χ2n) is 5.86. The average molecular weight is 324 g/mol. The van der Waals surface area contributed by atoms with Crippen LogP contribution in [0.3, 0.4) is 0 Å². The van der Waals surface area contributed by atoms with Crippen LogP contribution in [0.25, 0.3) is 5.57 Å². The van der Waals surface area contributed by atoms with Crippen molar-refractivity contribution in [3.8, 4) is 0 Å². The van der Waals surface area contributed by atoms with Crippen LogP contribution in [0, 0.1) is 0 Å². The number of hydrogen-bond donors (Lipinski definition) is 1. The third-order valence-electron chi connectivity index (χ3n) is 4.25. The van der Waals surface area contributed by atoms with Gasteiger partial charge in [0.05, 0.1) is 5.69 Å². The molecule has 0 aliphatic carbocycles. The van der Waals surface area contributed by atoms with Crippen LogP contribution in [0.5, 0.6) is 0 Å². The van der Waals surface area contributed by atoms with Gasteiger partial charge in [-0.15, -0.1) is 0 Å². The van der Waals surface area contributed by atoms with Crippen molar-refractivity contribution >= 4 is 17.7 Å². The SMILES string of the molecule is C=C/C(C)=C(C)\C=C(/CC)N(C=O)c1ccccc1/C(C)=C(\C)N. The molecule has 0 bridgehead atoms. The van der Waals surface area contributed by atoms with E-state index in [1.807, 2.05) is 71.0 Å². The largest absolute Gasteiger partial charge is 0.402 e. The number of allylic oxidation sites excluding steroid dienone is 7. The first-order chi connectivity index (χ1) is 11.4. The van der Waals surface area contributed by atoms with E-state index in [0.29, 0.717) is 0 Å². The number of carbonyl (C=O) groups is 1. The molecular weight excluding hydrogens is 296 g/mol. The number of carbonyl (C=O) groups excluding carboxylic acids is 1. The summed E-state index contributed by atoms with van der Waals surface area (Å²) in [5.41, 5.74) is 12.6. The molecule has 3 nitrogen and oxygen atoms in total. The fraction of sp³-hybridized carbons (Fsp3) is 0.286. The summed E-state index contributed by atoms with van der Waals surface area (Å²) in [6.45, 7) is 13.7. The van der Waals surface area contributed by atoms with Crippen LogP contribution >= 0.6 is 0 Å². The summed E-state index contributed by atoms with van der Waals surface area (Å²) in [5.74, 6) is 0. The molecule has 0 saturated heterocycles.